The molecular formula is C15H25ClN2. The molecule has 0 aliphatic heterocycles. The van der Waals surface area contributed by atoms with Crippen molar-refractivity contribution in [2.45, 2.75) is 64.3 Å². The summed E-state index contributed by atoms with van der Waals surface area (Å²) >= 11 is 6.51. The molecule has 0 spiro atoms. The third-order valence-electron chi connectivity index (χ3n) is 4.20. The Bertz CT molecular complexity index is 361. The monoisotopic (exact) mass is 268 g/mol. The third-order valence-corrected chi connectivity index (χ3v) is 4.78. The Morgan fingerprint density at radius 3 is 2.89 bits per heavy atom. The van der Waals surface area contributed by atoms with Gasteiger partial charge in [0.25, 0.3) is 0 Å². The first kappa shape index (κ1) is 13.9. The van der Waals surface area contributed by atoms with Gasteiger partial charge >= 0.3 is 0 Å². The Balaban J connectivity index is 1.93. The van der Waals surface area contributed by atoms with E-state index in [1.54, 1.807) is 0 Å². The molecule has 1 aromatic rings. The Kier molecular flexibility index (Phi) is 5.11. The van der Waals surface area contributed by atoms with Crippen LogP contribution in [0.3, 0.4) is 0 Å². The second kappa shape index (κ2) is 6.60. The van der Waals surface area contributed by atoms with Crippen LogP contribution in [-0.2, 0) is 13.0 Å². The highest BCUT2D eigenvalue weighted by Gasteiger charge is 2.29. The zero-order valence-corrected chi connectivity index (χ0v) is 12.4. The molecule has 18 heavy (non-hydrogen) atoms. The van der Waals surface area contributed by atoms with Gasteiger partial charge in [-0.2, -0.15) is 5.10 Å². The lowest BCUT2D eigenvalue weighted by atomic mass is 9.77. The quantitative estimate of drug-likeness (QED) is 0.730. The van der Waals surface area contributed by atoms with E-state index in [1.807, 2.05) is 10.9 Å². The molecule has 2 rings (SSSR count). The standard InChI is InChI=1S/C15H25ClN2/c1-3-5-12-6-7-15(16)14(8-12)9-13-10-17-18(4-2)11-13/h10-12,14-15H,3-9H2,1-2H3. The van der Waals surface area contributed by atoms with Crippen molar-refractivity contribution in [2.24, 2.45) is 11.8 Å². The summed E-state index contributed by atoms with van der Waals surface area (Å²) in [7, 11) is 0. The van der Waals surface area contributed by atoms with Crippen molar-refractivity contribution < 1.29 is 0 Å². The van der Waals surface area contributed by atoms with Gasteiger partial charge in [0.1, 0.15) is 0 Å². The average molecular weight is 269 g/mol. The molecule has 3 atom stereocenters. The van der Waals surface area contributed by atoms with Crippen molar-refractivity contribution >= 4 is 11.6 Å². The van der Waals surface area contributed by atoms with Gasteiger partial charge in [0, 0.05) is 18.1 Å². The van der Waals surface area contributed by atoms with Gasteiger partial charge in [0.05, 0.1) is 6.20 Å². The number of aromatic nitrogens is 2. The van der Waals surface area contributed by atoms with Crippen molar-refractivity contribution in [2.75, 3.05) is 0 Å². The molecule has 3 unspecified atom stereocenters. The third kappa shape index (κ3) is 3.50. The molecule has 0 amide bonds. The molecule has 1 aliphatic rings. The molecule has 1 aromatic heterocycles. The predicted octanol–water partition coefficient (Wildman–Crippen LogP) is 4.27. The molecule has 3 heteroatoms. The number of rotatable bonds is 5. The van der Waals surface area contributed by atoms with Gasteiger partial charge < -0.3 is 0 Å². The Morgan fingerprint density at radius 2 is 2.22 bits per heavy atom. The maximum absolute atomic E-state index is 6.51. The van der Waals surface area contributed by atoms with Crippen LogP contribution in [0, 0.1) is 11.8 Å². The van der Waals surface area contributed by atoms with Gasteiger partial charge in [0.15, 0.2) is 0 Å². The minimum absolute atomic E-state index is 0.364. The summed E-state index contributed by atoms with van der Waals surface area (Å²) in [6.45, 7) is 5.36. The molecule has 0 N–H and O–H groups in total. The number of hydrogen-bond donors (Lipinski definition) is 0. The summed E-state index contributed by atoms with van der Waals surface area (Å²) in [5.41, 5.74) is 1.35. The van der Waals surface area contributed by atoms with E-state index < -0.39 is 0 Å². The van der Waals surface area contributed by atoms with Crippen molar-refractivity contribution in [3.63, 3.8) is 0 Å². The molecule has 0 bridgehead atoms. The van der Waals surface area contributed by atoms with E-state index in [0.29, 0.717) is 11.3 Å². The number of nitrogens with zero attached hydrogens (tertiary/aromatic N) is 2. The molecule has 2 nitrogen and oxygen atoms in total. The highest BCUT2D eigenvalue weighted by Crippen LogP contribution is 2.36. The van der Waals surface area contributed by atoms with Crippen LogP contribution in [-0.4, -0.2) is 15.2 Å². The first-order valence-electron chi connectivity index (χ1n) is 7.38. The van der Waals surface area contributed by atoms with Crippen LogP contribution in [0.2, 0.25) is 0 Å². The molecule has 1 fully saturated rings. The summed E-state index contributed by atoms with van der Waals surface area (Å²) in [5, 5.41) is 4.72. The number of halogens is 1. The van der Waals surface area contributed by atoms with Crippen LogP contribution in [0.5, 0.6) is 0 Å². The maximum Gasteiger partial charge on any atom is 0.0521 e. The smallest absolute Gasteiger partial charge is 0.0521 e. The van der Waals surface area contributed by atoms with Gasteiger partial charge in [-0.15, -0.1) is 11.6 Å². The van der Waals surface area contributed by atoms with E-state index in [0.717, 1.165) is 18.9 Å². The lowest BCUT2D eigenvalue weighted by Gasteiger charge is -2.32. The second-order valence-corrected chi connectivity index (χ2v) is 6.21. The Morgan fingerprint density at radius 1 is 1.39 bits per heavy atom. The predicted molar refractivity (Wildman–Crippen MR) is 77.0 cm³/mol. The van der Waals surface area contributed by atoms with Crippen molar-refractivity contribution in [3.05, 3.63) is 18.0 Å². The van der Waals surface area contributed by atoms with Crippen molar-refractivity contribution in [3.8, 4) is 0 Å². The average Bonchev–Trinajstić information content (AvgIpc) is 2.81. The van der Waals surface area contributed by atoms with Gasteiger partial charge in [-0.3, -0.25) is 4.68 Å². The SMILES string of the molecule is CCCC1CCC(Cl)C(Cc2cnn(CC)c2)C1. The fourth-order valence-corrected chi connectivity index (χ4v) is 3.51. The normalized spacial score (nSPS) is 28.5. The Labute approximate surface area is 116 Å². The van der Waals surface area contributed by atoms with Crippen LogP contribution in [0.4, 0.5) is 0 Å². The van der Waals surface area contributed by atoms with Crippen LogP contribution in [0.1, 0.15) is 51.5 Å². The largest absolute Gasteiger partial charge is 0.273 e. The molecule has 0 aromatic carbocycles. The first-order chi connectivity index (χ1) is 8.72. The molecule has 1 heterocycles. The zero-order valence-electron chi connectivity index (χ0n) is 11.6. The van der Waals surface area contributed by atoms with Gasteiger partial charge in [-0.25, -0.2) is 0 Å². The van der Waals surface area contributed by atoms with Crippen LogP contribution in [0.15, 0.2) is 12.4 Å². The lowest BCUT2D eigenvalue weighted by molar-refractivity contribution is 0.257. The zero-order chi connectivity index (χ0) is 13.0. The fourth-order valence-electron chi connectivity index (χ4n) is 3.19. The number of alkyl halides is 1. The highest BCUT2D eigenvalue weighted by atomic mass is 35.5. The number of hydrogen-bond acceptors (Lipinski definition) is 1. The fraction of sp³-hybridized carbons (Fsp3) is 0.800. The van der Waals surface area contributed by atoms with E-state index in [9.17, 15) is 0 Å². The number of aryl methyl sites for hydroxylation is 1. The topological polar surface area (TPSA) is 17.8 Å². The summed E-state index contributed by atoms with van der Waals surface area (Å²) in [4.78, 5) is 0. The summed E-state index contributed by atoms with van der Waals surface area (Å²) < 4.78 is 2.00. The van der Waals surface area contributed by atoms with Gasteiger partial charge in [0.2, 0.25) is 0 Å². The van der Waals surface area contributed by atoms with Crippen LogP contribution < -0.4 is 0 Å². The summed E-state index contributed by atoms with van der Waals surface area (Å²) in [6, 6.07) is 0. The molecule has 102 valence electrons. The van der Waals surface area contributed by atoms with E-state index in [2.05, 4.69) is 25.1 Å². The van der Waals surface area contributed by atoms with E-state index in [-0.39, 0.29) is 0 Å². The van der Waals surface area contributed by atoms with E-state index in [1.165, 1.54) is 37.7 Å². The maximum atomic E-state index is 6.51. The molecule has 0 saturated heterocycles. The molecule has 1 saturated carbocycles. The minimum Gasteiger partial charge on any atom is -0.273 e. The van der Waals surface area contributed by atoms with Gasteiger partial charge in [-0.05, 0) is 50.0 Å². The lowest BCUT2D eigenvalue weighted by Crippen LogP contribution is -2.27. The second-order valence-electron chi connectivity index (χ2n) is 5.65. The minimum atomic E-state index is 0.364. The van der Waals surface area contributed by atoms with Crippen molar-refractivity contribution in [1.82, 2.24) is 9.78 Å². The summed E-state index contributed by atoms with van der Waals surface area (Å²) in [6.07, 6.45) is 11.8. The van der Waals surface area contributed by atoms with Gasteiger partial charge in [-0.1, -0.05) is 19.8 Å². The van der Waals surface area contributed by atoms with E-state index in [4.69, 9.17) is 11.6 Å². The van der Waals surface area contributed by atoms with Crippen LogP contribution >= 0.6 is 11.6 Å². The molecular weight excluding hydrogens is 244 g/mol. The summed E-state index contributed by atoms with van der Waals surface area (Å²) in [5.74, 6) is 1.54. The molecule has 1 aliphatic carbocycles. The van der Waals surface area contributed by atoms with E-state index >= 15 is 0 Å². The first-order valence-corrected chi connectivity index (χ1v) is 7.82. The molecule has 0 radical (unpaired) electrons. The van der Waals surface area contributed by atoms with Crippen LogP contribution in [0.25, 0.3) is 0 Å². The van der Waals surface area contributed by atoms with Crippen molar-refractivity contribution in [1.29, 1.82) is 0 Å². The Hall–Kier alpha value is -0.500. The highest BCUT2D eigenvalue weighted by molar-refractivity contribution is 6.20.